The van der Waals surface area contributed by atoms with Crippen LogP contribution in [0.25, 0.3) is 22.4 Å². The summed E-state index contributed by atoms with van der Waals surface area (Å²) in [5.41, 5.74) is 8.01. The molecule has 1 amide bonds. The lowest BCUT2D eigenvalue weighted by Crippen LogP contribution is -2.28. The number of pyridine rings is 1. The average molecular weight is 634 g/mol. The number of benzene rings is 2. The Labute approximate surface area is 262 Å². The number of rotatable bonds is 4. The number of carbonyl (C=O) groups is 1. The maximum absolute atomic E-state index is 15.4. The Balaban J connectivity index is 1.63. The van der Waals surface area contributed by atoms with Gasteiger partial charge in [0.05, 0.1) is 57.9 Å². The minimum absolute atomic E-state index is 0.00337. The Bertz CT molecular complexity index is 1880. The van der Waals surface area contributed by atoms with Crippen molar-refractivity contribution >= 4 is 40.5 Å². The van der Waals surface area contributed by atoms with Crippen molar-refractivity contribution in [2.75, 3.05) is 10.3 Å². The van der Waals surface area contributed by atoms with Gasteiger partial charge in [0, 0.05) is 29.4 Å². The third kappa shape index (κ3) is 6.28. The smallest absolute Gasteiger partial charge is 0.254 e. The molecule has 0 fully saturated rings. The number of hydrazine groups is 1. The van der Waals surface area contributed by atoms with Crippen molar-refractivity contribution in [1.82, 2.24) is 14.5 Å². The fraction of sp³-hybridized carbons (Fsp3) is 0.194. The molecule has 0 saturated heterocycles. The van der Waals surface area contributed by atoms with Crippen molar-refractivity contribution in [3.8, 4) is 28.5 Å². The SMILES string of the molecule is CC1CCCC(n2cnc(-c3c(N(N)/C=C(\N)Cl)ccc(Cl)c3F)cc2=O)c2cc(ccn2)-c2cc(C#N)ccc2NC1=O. The largest absolute Gasteiger partial charge is 0.388 e. The molecule has 4 aromatic rings. The van der Waals surface area contributed by atoms with Gasteiger partial charge < -0.3 is 11.1 Å². The summed E-state index contributed by atoms with van der Waals surface area (Å²) in [5.74, 6) is 4.76. The van der Waals surface area contributed by atoms with E-state index in [4.69, 9.17) is 34.8 Å². The van der Waals surface area contributed by atoms with Crippen LogP contribution in [0.15, 0.2) is 77.2 Å². The molecule has 3 heterocycles. The molecule has 2 bridgehead atoms. The molecule has 44 heavy (non-hydrogen) atoms. The molecule has 10 nitrogen and oxygen atoms in total. The van der Waals surface area contributed by atoms with E-state index in [0.717, 1.165) is 5.01 Å². The van der Waals surface area contributed by atoms with E-state index in [0.29, 0.717) is 47.3 Å². The first kappa shape index (κ1) is 30.7. The van der Waals surface area contributed by atoms with Gasteiger partial charge in [-0.05, 0) is 60.9 Å². The molecule has 1 aliphatic heterocycles. The zero-order valence-electron chi connectivity index (χ0n) is 23.5. The number of hydrogen-bond acceptors (Lipinski definition) is 8. The highest BCUT2D eigenvalue weighted by Crippen LogP contribution is 2.36. The van der Waals surface area contributed by atoms with Gasteiger partial charge >= 0.3 is 0 Å². The number of nitrogens with two attached hydrogens (primary N) is 2. The van der Waals surface area contributed by atoms with Crippen LogP contribution < -0.4 is 27.5 Å². The number of nitrogens with zero attached hydrogens (tertiary/aromatic N) is 5. The number of nitriles is 1. The van der Waals surface area contributed by atoms with E-state index in [1.807, 2.05) is 13.0 Å². The van der Waals surface area contributed by atoms with Gasteiger partial charge in [0.2, 0.25) is 5.91 Å². The Kier molecular flexibility index (Phi) is 8.96. The van der Waals surface area contributed by atoms with Crippen LogP contribution in [0, 0.1) is 23.1 Å². The van der Waals surface area contributed by atoms with Crippen LogP contribution in [0.1, 0.15) is 43.5 Å². The highest BCUT2D eigenvalue weighted by atomic mass is 35.5. The zero-order chi connectivity index (χ0) is 31.5. The summed E-state index contributed by atoms with van der Waals surface area (Å²) in [4.78, 5) is 35.7. The van der Waals surface area contributed by atoms with Gasteiger partial charge in [0.15, 0.2) is 5.82 Å². The van der Waals surface area contributed by atoms with Gasteiger partial charge in [0.1, 0.15) is 5.16 Å². The van der Waals surface area contributed by atoms with Crippen LogP contribution in [0.2, 0.25) is 5.02 Å². The summed E-state index contributed by atoms with van der Waals surface area (Å²) in [5, 5.41) is 13.2. The molecule has 5 rings (SSSR count). The molecule has 0 aliphatic carbocycles. The van der Waals surface area contributed by atoms with Gasteiger partial charge in [-0.15, -0.1) is 0 Å². The predicted octanol–water partition coefficient (Wildman–Crippen LogP) is 5.66. The summed E-state index contributed by atoms with van der Waals surface area (Å²) >= 11 is 11.8. The van der Waals surface area contributed by atoms with Crippen molar-refractivity contribution in [3.05, 3.63) is 105 Å². The normalized spacial score (nSPS) is 17.0. The number of aromatic nitrogens is 3. The minimum Gasteiger partial charge on any atom is -0.388 e. The number of carbonyl (C=O) groups excluding carboxylic acids is 1. The lowest BCUT2D eigenvalue weighted by atomic mass is 9.95. The number of fused-ring (bicyclic) bond motifs is 4. The first-order valence-electron chi connectivity index (χ1n) is 13.6. The highest BCUT2D eigenvalue weighted by molar-refractivity contribution is 6.31. The van der Waals surface area contributed by atoms with Crippen LogP contribution in [0.3, 0.4) is 0 Å². The topological polar surface area (TPSA) is 156 Å². The summed E-state index contributed by atoms with van der Waals surface area (Å²) in [6, 6.07) is 14.2. The number of halogens is 3. The van der Waals surface area contributed by atoms with Crippen LogP contribution in [0.5, 0.6) is 0 Å². The molecule has 1 aliphatic rings. The average Bonchev–Trinajstić information content (AvgIpc) is 3.00. The van der Waals surface area contributed by atoms with E-state index >= 15 is 4.39 Å². The quantitative estimate of drug-likeness (QED) is 0.148. The first-order chi connectivity index (χ1) is 21.1. The second-order valence-corrected chi connectivity index (χ2v) is 11.2. The molecule has 13 heteroatoms. The van der Waals surface area contributed by atoms with Gasteiger partial charge in [-0.2, -0.15) is 5.26 Å². The molecule has 0 radical (unpaired) electrons. The lowest BCUT2D eigenvalue weighted by Gasteiger charge is -2.23. The van der Waals surface area contributed by atoms with E-state index < -0.39 is 17.4 Å². The predicted molar refractivity (Wildman–Crippen MR) is 168 cm³/mol. The summed E-state index contributed by atoms with van der Waals surface area (Å²) in [6.07, 6.45) is 5.74. The molecule has 0 saturated carbocycles. The van der Waals surface area contributed by atoms with E-state index in [1.165, 1.54) is 35.3 Å². The van der Waals surface area contributed by atoms with Crippen molar-refractivity contribution in [1.29, 1.82) is 5.26 Å². The molecule has 224 valence electrons. The van der Waals surface area contributed by atoms with Crippen LogP contribution in [-0.4, -0.2) is 20.4 Å². The lowest BCUT2D eigenvalue weighted by molar-refractivity contribution is -0.119. The number of hydrogen-bond donors (Lipinski definition) is 3. The van der Waals surface area contributed by atoms with Crippen molar-refractivity contribution in [2.24, 2.45) is 17.5 Å². The summed E-state index contributed by atoms with van der Waals surface area (Å²) in [6.45, 7) is 1.84. The monoisotopic (exact) mass is 632 g/mol. The van der Waals surface area contributed by atoms with Crippen LogP contribution in [0.4, 0.5) is 15.8 Å². The molecule has 5 N–H and O–H groups in total. The number of anilines is 2. The fourth-order valence-corrected chi connectivity index (χ4v) is 5.44. The van der Waals surface area contributed by atoms with Crippen molar-refractivity contribution in [3.63, 3.8) is 0 Å². The van der Waals surface area contributed by atoms with Crippen molar-refractivity contribution < 1.29 is 9.18 Å². The van der Waals surface area contributed by atoms with E-state index in [1.54, 1.807) is 30.5 Å². The second kappa shape index (κ2) is 12.9. The summed E-state index contributed by atoms with van der Waals surface area (Å²) in [7, 11) is 0. The van der Waals surface area contributed by atoms with Gasteiger partial charge in [-0.25, -0.2) is 15.2 Å². The Morgan fingerprint density at radius 2 is 1.98 bits per heavy atom. The molecular weight excluding hydrogens is 606 g/mol. The van der Waals surface area contributed by atoms with Gasteiger partial charge in [-0.1, -0.05) is 36.5 Å². The van der Waals surface area contributed by atoms with E-state index in [9.17, 15) is 14.9 Å². The highest BCUT2D eigenvalue weighted by Gasteiger charge is 2.24. The molecule has 0 spiro atoms. The maximum atomic E-state index is 15.4. The number of nitrogens with one attached hydrogen (secondary N) is 1. The third-order valence-electron chi connectivity index (χ3n) is 7.44. The maximum Gasteiger partial charge on any atom is 0.254 e. The fourth-order valence-electron chi connectivity index (χ4n) is 5.18. The number of amides is 1. The summed E-state index contributed by atoms with van der Waals surface area (Å²) < 4.78 is 16.8. The molecule has 2 aromatic carbocycles. The second-order valence-electron chi connectivity index (χ2n) is 10.4. The van der Waals surface area contributed by atoms with E-state index in [2.05, 4.69) is 21.4 Å². The first-order valence-corrected chi connectivity index (χ1v) is 14.4. The van der Waals surface area contributed by atoms with Crippen LogP contribution >= 0.6 is 23.2 Å². The third-order valence-corrected chi connectivity index (χ3v) is 7.83. The zero-order valence-corrected chi connectivity index (χ0v) is 25.0. The van der Waals surface area contributed by atoms with Gasteiger partial charge in [0.25, 0.3) is 5.56 Å². The van der Waals surface area contributed by atoms with Crippen LogP contribution in [-0.2, 0) is 4.79 Å². The van der Waals surface area contributed by atoms with Gasteiger partial charge in [-0.3, -0.25) is 24.1 Å². The Morgan fingerprint density at radius 1 is 1.18 bits per heavy atom. The Hall–Kier alpha value is -4.76. The molecular formula is C31H27Cl2FN8O2. The Morgan fingerprint density at radius 3 is 2.70 bits per heavy atom. The molecule has 2 aromatic heterocycles. The minimum atomic E-state index is -0.825. The standard InChI is InChI=1S/C31H27Cl2FN8O2/c1-17-3-2-4-25(23-12-19(9-10-38-23)20-11-18(14-35)5-7-22(20)40-31(17)44)41-16-39-24(13-28(41)43)29-26(42(37)15-27(33)36)8-6-21(32)30(29)34/h5-13,15-17,25H,2-4,36-37H2,1H3,(H,40,44)/b27-15-. The van der Waals surface area contributed by atoms with E-state index in [-0.39, 0.29) is 38.9 Å². The molecule has 2 atom stereocenters. The van der Waals surface area contributed by atoms with Crippen molar-refractivity contribution in [2.45, 2.75) is 32.2 Å². The molecule has 2 unspecified atom stereocenters.